The molecule has 0 amide bonds. The first kappa shape index (κ1) is 45.4. The molecular weight excluding hydrogens is 685 g/mol. The second kappa shape index (κ2) is 26.7. The molecule has 1 heterocycles. The van der Waals surface area contributed by atoms with Gasteiger partial charge in [-0.05, 0) is 121 Å². The molecule has 1 atom stereocenters. The lowest BCUT2D eigenvalue weighted by molar-refractivity contribution is -0.146. The van der Waals surface area contributed by atoms with Crippen LogP contribution in [0.4, 0.5) is 0 Å². The summed E-state index contributed by atoms with van der Waals surface area (Å²) in [6.45, 7) is 6.52. The molecule has 8 nitrogen and oxygen atoms in total. The molecule has 0 aliphatic heterocycles. The largest absolute Gasteiger partial charge is 0.466 e. The van der Waals surface area contributed by atoms with Crippen LogP contribution in [0.3, 0.4) is 0 Å². The fraction of sp³-hybridized carbons (Fsp3) is 0.864. The average molecular weight is 761 g/mol. The molecular formula is C44H76N2O6S. The van der Waals surface area contributed by atoms with Gasteiger partial charge in [-0.1, -0.05) is 84.5 Å². The van der Waals surface area contributed by atoms with Crippen molar-refractivity contribution in [3.63, 3.8) is 0 Å². The van der Waals surface area contributed by atoms with Gasteiger partial charge >= 0.3 is 17.9 Å². The minimum atomic E-state index is -0.405. The summed E-state index contributed by atoms with van der Waals surface area (Å²) < 4.78 is 17.3. The van der Waals surface area contributed by atoms with E-state index in [1.807, 2.05) is 0 Å². The smallest absolute Gasteiger partial charge is 0.358 e. The highest BCUT2D eigenvalue weighted by atomic mass is 32.1. The molecule has 3 fully saturated rings. The molecule has 3 saturated carbocycles. The number of nitrogens with zero attached hydrogens (tertiary/aromatic N) is 2. The van der Waals surface area contributed by atoms with Crippen molar-refractivity contribution in [3.05, 3.63) is 16.1 Å². The van der Waals surface area contributed by atoms with Gasteiger partial charge in [-0.2, -0.15) is 0 Å². The number of fused-ring (bicyclic) bond motifs is 3. The summed E-state index contributed by atoms with van der Waals surface area (Å²) in [5.74, 6) is 0.928. The second-order valence-electron chi connectivity index (χ2n) is 16.7. The Labute approximate surface area is 327 Å². The van der Waals surface area contributed by atoms with Crippen molar-refractivity contribution in [2.24, 2.45) is 17.3 Å². The summed E-state index contributed by atoms with van der Waals surface area (Å²) >= 11 is 1.51. The lowest BCUT2D eigenvalue weighted by Crippen LogP contribution is -2.35. The van der Waals surface area contributed by atoms with Gasteiger partial charge in [0.05, 0.1) is 18.2 Å². The quantitative estimate of drug-likeness (QED) is 0.0419. The predicted molar refractivity (Wildman–Crippen MR) is 216 cm³/mol. The van der Waals surface area contributed by atoms with Gasteiger partial charge < -0.3 is 19.1 Å². The highest BCUT2D eigenvalue weighted by Gasteiger charge is 2.40. The van der Waals surface area contributed by atoms with E-state index in [1.54, 1.807) is 5.38 Å². The maximum Gasteiger partial charge on any atom is 0.358 e. The van der Waals surface area contributed by atoms with Gasteiger partial charge in [0.15, 0.2) is 5.69 Å². The Morgan fingerprint density at radius 2 is 1.40 bits per heavy atom. The first-order chi connectivity index (χ1) is 25.7. The van der Waals surface area contributed by atoms with Crippen LogP contribution >= 0.6 is 11.3 Å². The van der Waals surface area contributed by atoms with E-state index in [0.29, 0.717) is 49.5 Å². The monoisotopic (exact) mass is 761 g/mol. The predicted octanol–water partition coefficient (Wildman–Crippen LogP) is 11.3. The molecule has 4 rings (SSSR count). The number of aromatic nitrogens is 1. The number of unbranched alkanes of at least 4 members (excludes halogenated alkanes) is 8. The Balaban J connectivity index is 1.35. The van der Waals surface area contributed by atoms with E-state index < -0.39 is 5.97 Å². The summed E-state index contributed by atoms with van der Waals surface area (Å²) in [6, 6.07) is 0. The maximum absolute atomic E-state index is 13.1. The second-order valence-corrected chi connectivity index (χ2v) is 17.7. The third-order valence-corrected chi connectivity index (χ3v) is 12.9. The molecule has 0 aromatic carbocycles. The zero-order valence-corrected chi connectivity index (χ0v) is 35.1. The standard InChI is InChI=1S/C44H76N2O6S/c1-5-7-12-17-36(18-13-8-6-2)27-33-50-41(47)21-15-11-9-10-14-19-38(52-43(49)39-35-53-40(45-39)20-16-32-46(3)4)22-23-42(48)51-34-31-44-28-24-37(25-29-44)26-30-44/h35-38H,5-34H2,1-4H3. The van der Waals surface area contributed by atoms with Gasteiger partial charge in [0.2, 0.25) is 0 Å². The molecule has 3 aliphatic carbocycles. The van der Waals surface area contributed by atoms with E-state index in [4.69, 9.17) is 14.2 Å². The Kier molecular flexibility index (Phi) is 22.9. The van der Waals surface area contributed by atoms with Crippen LogP contribution in [0, 0.1) is 17.3 Å². The van der Waals surface area contributed by atoms with Gasteiger partial charge in [-0.3, -0.25) is 9.59 Å². The lowest BCUT2D eigenvalue weighted by Gasteiger charge is -2.46. The third kappa shape index (κ3) is 19.4. The zero-order valence-electron chi connectivity index (χ0n) is 34.3. The summed E-state index contributed by atoms with van der Waals surface area (Å²) in [5.41, 5.74) is 0.746. The molecule has 304 valence electrons. The lowest BCUT2D eigenvalue weighted by atomic mass is 9.59. The molecule has 3 aliphatic rings. The highest BCUT2D eigenvalue weighted by molar-refractivity contribution is 7.09. The van der Waals surface area contributed by atoms with Gasteiger partial charge in [0.25, 0.3) is 0 Å². The molecule has 0 spiro atoms. The van der Waals surface area contributed by atoms with Crippen LogP contribution < -0.4 is 0 Å². The van der Waals surface area contributed by atoms with Crippen LogP contribution in [-0.2, 0) is 30.2 Å². The molecule has 0 N–H and O–H groups in total. The number of carbonyl (C=O) groups is 3. The van der Waals surface area contributed by atoms with Crippen molar-refractivity contribution in [2.75, 3.05) is 33.9 Å². The van der Waals surface area contributed by atoms with E-state index in [9.17, 15) is 14.4 Å². The number of esters is 3. The van der Waals surface area contributed by atoms with Crippen LogP contribution in [-0.4, -0.2) is 67.7 Å². The Bertz CT molecular complexity index is 1120. The van der Waals surface area contributed by atoms with E-state index in [0.717, 1.165) is 75.3 Å². The third-order valence-electron chi connectivity index (χ3n) is 12.0. The minimum absolute atomic E-state index is 0.0709. The molecule has 2 bridgehead atoms. The number of aryl methyl sites for hydroxylation is 1. The van der Waals surface area contributed by atoms with Crippen molar-refractivity contribution in [3.8, 4) is 0 Å². The highest BCUT2D eigenvalue weighted by Crippen LogP contribution is 2.52. The van der Waals surface area contributed by atoms with Crippen LogP contribution in [0.1, 0.15) is 196 Å². The summed E-state index contributed by atoms with van der Waals surface area (Å²) in [4.78, 5) is 45.0. The first-order valence-electron chi connectivity index (χ1n) is 21.8. The maximum atomic E-state index is 13.1. The Morgan fingerprint density at radius 3 is 2.08 bits per heavy atom. The van der Waals surface area contributed by atoms with Crippen molar-refractivity contribution >= 4 is 29.2 Å². The summed E-state index contributed by atoms with van der Waals surface area (Å²) in [6.07, 6.45) is 28.0. The zero-order chi connectivity index (χ0) is 38.2. The van der Waals surface area contributed by atoms with E-state index >= 15 is 0 Å². The van der Waals surface area contributed by atoms with Crippen LogP contribution in [0.15, 0.2) is 5.38 Å². The summed E-state index contributed by atoms with van der Waals surface area (Å²) in [5, 5.41) is 2.74. The van der Waals surface area contributed by atoms with Gasteiger partial charge in [0.1, 0.15) is 6.10 Å². The number of ether oxygens (including phenoxy) is 3. The Hall–Kier alpha value is -2.00. The van der Waals surface area contributed by atoms with Gasteiger partial charge in [-0.25, -0.2) is 9.78 Å². The van der Waals surface area contributed by atoms with E-state index in [2.05, 4.69) is 37.8 Å². The van der Waals surface area contributed by atoms with Crippen molar-refractivity contribution in [1.82, 2.24) is 9.88 Å². The Morgan fingerprint density at radius 1 is 0.774 bits per heavy atom. The van der Waals surface area contributed by atoms with Crippen LogP contribution in [0.25, 0.3) is 0 Å². The minimum Gasteiger partial charge on any atom is -0.466 e. The molecule has 1 aromatic rings. The van der Waals surface area contributed by atoms with Crippen molar-refractivity contribution < 1.29 is 28.6 Å². The average Bonchev–Trinajstić information content (AvgIpc) is 3.63. The number of hydrogen-bond acceptors (Lipinski definition) is 9. The molecule has 53 heavy (non-hydrogen) atoms. The topological polar surface area (TPSA) is 95.0 Å². The van der Waals surface area contributed by atoms with Crippen molar-refractivity contribution in [1.29, 1.82) is 0 Å². The van der Waals surface area contributed by atoms with Gasteiger partial charge in [-0.15, -0.1) is 11.3 Å². The van der Waals surface area contributed by atoms with Gasteiger partial charge in [0, 0.05) is 24.6 Å². The molecule has 1 aromatic heterocycles. The number of rotatable bonds is 31. The fourth-order valence-corrected chi connectivity index (χ4v) is 9.18. The SMILES string of the molecule is CCCCCC(CCCCC)CCOC(=O)CCCCCCCC(CCC(=O)OCCC12CCC(CC1)CC2)OC(=O)c1csc(CCCN(C)C)n1. The molecule has 1 unspecified atom stereocenters. The fourth-order valence-electron chi connectivity index (χ4n) is 8.37. The van der Waals surface area contributed by atoms with Crippen LogP contribution in [0.5, 0.6) is 0 Å². The number of hydrogen-bond donors (Lipinski definition) is 0. The number of carbonyl (C=O) groups excluding carboxylic acids is 3. The summed E-state index contributed by atoms with van der Waals surface area (Å²) in [7, 11) is 4.11. The van der Waals surface area contributed by atoms with Crippen LogP contribution in [0.2, 0.25) is 0 Å². The molecule has 0 radical (unpaired) electrons. The first-order valence-corrected chi connectivity index (χ1v) is 22.7. The van der Waals surface area contributed by atoms with Crippen molar-refractivity contribution in [2.45, 2.75) is 193 Å². The molecule has 0 saturated heterocycles. The van der Waals surface area contributed by atoms with E-state index in [-0.39, 0.29) is 24.5 Å². The molecule has 9 heteroatoms. The van der Waals surface area contributed by atoms with E-state index in [1.165, 1.54) is 101 Å². The normalized spacial score (nSPS) is 18.8. The number of thiazole rings is 1.